The van der Waals surface area contributed by atoms with E-state index >= 15 is 0 Å². The number of aryl methyl sites for hydroxylation is 1. The lowest BCUT2D eigenvalue weighted by atomic mass is 10.2. The Hall–Kier alpha value is -1.56. The second-order valence-corrected chi connectivity index (χ2v) is 8.32. The van der Waals surface area contributed by atoms with Gasteiger partial charge in [0.05, 0.1) is 26.8 Å². The molecule has 0 amide bonds. The average Bonchev–Trinajstić information content (AvgIpc) is 2.73. The van der Waals surface area contributed by atoms with E-state index in [-0.39, 0.29) is 15.6 Å². The molecule has 0 unspecified atom stereocenters. The minimum Gasteiger partial charge on any atom is -0.397 e. The first-order valence-corrected chi connectivity index (χ1v) is 8.51. The van der Waals surface area contributed by atoms with Crippen LogP contribution in [0.15, 0.2) is 32.3 Å². The lowest BCUT2D eigenvalue weighted by molar-refractivity contribution is 0.603. The van der Waals surface area contributed by atoms with Crippen LogP contribution in [0.5, 0.6) is 0 Å². The van der Waals surface area contributed by atoms with E-state index in [9.17, 15) is 8.42 Å². The number of sulfonamides is 1. The highest BCUT2D eigenvalue weighted by molar-refractivity contribution is 9.11. The van der Waals surface area contributed by atoms with Crippen LogP contribution in [-0.4, -0.2) is 8.42 Å². The number of rotatable bonds is 3. The highest BCUT2D eigenvalue weighted by Gasteiger charge is 2.19. The van der Waals surface area contributed by atoms with E-state index in [1.54, 1.807) is 6.07 Å². The highest BCUT2D eigenvalue weighted by Crippen LogP contribution is 2.32. The molecule has 0 radical (unpaired) electrons. The number of nitrogens with one attached hydrogen (secondary N) is 1. The number of halogens is 1. The Labute approximate surface area is 129 Å². The van der Waals surface area contributed by atoms with Crippen molar-refractivity contribution in [1.29, 1.82) is 5.26 Å². The molecule has 0 aliphatic rings. The first kappa shape index (κ1) is 14.8. The number of hydrogen-bond acceptors (Lipinski definition) is 5. The predicted molar refractivity (Wildman–Crippen MR) is 83.1 cm³/mol. The Bertz CT molecular complexity index is 787. The number of nitrogen functional groups attached to an aromatic ring is 1. The van der Waals surface area contributed by atoms with Crippen molar-refractivity contribution in [3.8, 4) is 6.07 Å². The molecule has 0 saturated carbocycles. The van der Waals surface area contributed by atoms with Gasteiger partial charge in [0.2, 0.25) is 0 Å². The molecule has 1 aromatic heterocycles. The summed E-state index contributed by atoms with van der Waals surface area (Å²) in [6.45, 7) is 1.82. The second kappa shape index (κ2) is 5.44. The Kier molecular flexibility index (Phi) is 4.04. The molecule has 0 aliphatic carbocycles. The molecule has 1 heterocycles. The maximum atomic E-state index is 12.2. The van der Waals surface area contributed by atoms with Gasteiger partial charge in [-0.15, -0.1) is 11.3 Å². The number of nitrogens with two attached hydrogens (primary N) is 1. The van der Waals surface area contributed by atoms with E-state index in [0.29, 0.717) is 5.56 Å². The van der Waals surface area contributed by atoms with Crippen molar-refractivity contribution in [2.45, 2.75) is 11.1 Å². The number of anilines is 2. The van der Waals surface area contributed by atoms with Gasteiger partial charge in [-0.25, -0.2) is 8.42 Å². The number of nitrogens with zero attached hydrogens (tertiary/aromatic N) is 1. The Balaban J connectivity index is 2.36. The maximum absolute atomic E-state index is 12.2. The first-order chi connectivity index (χ1) is 9.33. The Morgan fingerprint density at radius 1 is 1.40 bits per heavy atom. The van der Waals surface area contributed by atoms with Crippen LogP contribution in [0, 0.1) is 18.3 Å². The minimum absolute atomic E-state index is 0.200. The topological polar surface area (TPSA) is 96.0 Å². The molecule has 0 fully saturated rings. The summed E-state index contributed by atoms with van der Waals surface area (Å²) in [7, 11) is -3.68. The zero-order valence-corrected chi connectivity index (χ0v) is 13.6. The van der Waals surface area contributed by atoms with Crippen LogP contribution in [0.4, 0.5) is 11.4 Å². The zero-order chi connectivity index (χ0) is 14.9. The summed E-state index contributed by atoms with van der Waals surface area (Å²) in [5.74, 6) is 0. The van der Waals surface area contributed by atoms with Crippen LogP contribution >= 0.6 is 27.3 Å². The number of hydrogen-bond donors (Lipinski definition) is 2. The maximum Gasteiger partial charge on any atom is 0.271 e. The van der Waals surface area contributed by atoms with Gasteiger partial charge in [-0.2, -0.15) is 5.26 Å². The van der Waals surface area contributed by atoms with Gasteiger partial charge in [-0.3, -0.25) is 4.72 Å². The van der Waals surface area contributed by atoms with Crippen molar-refractivity contribution in [2.75, 3.05) is 10.5 Å². The fourth-order valence-corrected chi connectivity index (χ4v) is 4.80. The molecule has 20 heavy (non-hydrogen) atoms. The van der Waals surface area contributed by atoms with E-state index in [0.717, 1.165) is 20.7 Å². The standard InChI is InChI=1S/C12H10BrN3O2S2/c1-7-4-11(19-12(7)13)20(17,18)16-10-3-2-8(6-14)5-9(10)15/h2-5,16H,15H2,1H3. The molecule has 3 N–H and O–H groups in total. The SMILES string of the molecule is Cc1cc(S(=O)(=O)Nc2ccc(C#N)cc2N)sc1Br. The molecular formula is C12H10BrN3O2S2. The van der Waals surface area contributed by atoms with Gasteiger partial charge in [-0.05, 0) is 52.7 Å². The molecule has 0 spiro atoms. The molecule has 104 valence electrons. The van der Waals surface area contributed by atoms with Gasteiger partial charge in [0, 0.05) is 0 Å². The van der Waals surface area contributed by atoms with Crippen molar-refractivity contribution < 1.29 is 8.42 Å². The summed E-state index contributed by atoms with van der Waals surface area (Å²) in [5, 5.41) is 8.75. The number of nitriles is 1. The van der Waals surface area contributed by atoms with E-state index in [2.05, 4.69) is 20.7 Å². The van der Waals surface area contributed by atoms with Crippen LogP contribution < -0.4 is 10.5 Å². The number of benzene rings is 1. The van der Waals surface area contributed by atoms with Crippen LogP contribution in [-0.2, 0) is 10.0 Å². The molecule has 0 bridgehead atoms. The van der Waals surface area contributed by atoms with Gasteiger partial charge in [-0.1, -0.05) is 0 Å². The molecular weight excluding hydrogens is 362 g/mol. The number of thiophene rings is 1. The molecule has 0 saturated heterocycles. The second-order valence-electron chi connectivity index (χ2n) is 4.04. The summed E-state index contributed by atoms with van der Waals surface area (Å²) in [6.07, 6.45) is 0. The minimum atomic E-state index is -3.68. The average molecular weight is 372 g/mol. The normalized spacial score (nSPS) is 11.1. The van der Waals surface area contributed by atoms with Crippen molar-refractivity contribution in [1.82, 2.24) is 0 Å². The lowest BCUT2D eigenvalue weighted by Gasteiger charge is -2.09. The van der Waals surface area contributed by atoms with Crippen LogP contribution in [0.25, 0.3) is 0 Å². The van der Waals surface area contributed by atoms with E-state index in [1.807, 2.05) is 13.0 Å². The monoisotopic (exact) mass is 371 g/mol. The van der Waals surface area contributed by atoms with Crippen LogP contribution in [0.1, 0.15) is 11.1 Å². The van der Waals surface area contributed by atoms with E-state index in [1.165, 1.54) is 18.2 Å². The van der Waals surface area contributed by atoms with Gasteiger partial charge >= 0.3 is 0 Å². The molecule has 2 aromatic rings. The summed E-state index contributed by atoms with van der Waals surface area (Å²) in [4.78, 5) is 0. The quantitative estimate of drug-likeness (QED) is 0.810. The first-order valence-electron chi connectivity index (χ1n) is 5.42. The third-order valence-corrected chi connectivity index (χ3v) is 6.50. The molecule has 1 aromatic carbocycles. The lowest BCUT2D eigenvalue weighted by Crippen LogP contribution is -2.12. The van der Waals surface area contributed by atoms with Crippen molar-refractivity contribution in [3.05, 3.63) is 39.2 Å². The molecule has 0 aliphatic heterocycles. The largest absolute Gasteiger partial charge is 0.397 e. The van der Waals surface area contributed by atoms with Crippen molar-refractivity contribution >= 4 is 48.7 Å². The van der Waals surface area contributed by atoms with E-state index < -0.39 is 10.0 Å². The summed E-state index contributed by atoms with van der Waals surface area (Å²) in [5.41, 5.74) is 7.42. The molecule has 2 rings (SSSR count). The summed E-state index contributed by atoms with van der Waals surface area (Å²) in [6, 6.07) is 7.92. The predicted octanol–water partition coefficient (Wildman–Crippen LogP) is 3.07. The highest BCUT2D eigenvalue weighted by atomic mass is 79.9. The van der Waals surface area contributed by atoms with Crippen molar-refractivity contribution in [3.63, 3.8) is 0 Å². The van der Waals surface area contributed by atoms with Crippen LogP contribution in [0.2, 0.25) is 0 Å². The fraction of sp³-hybridized carbons (Fsp3) is 0.0833. The molecule has 0 atom stereocenters. The van der Waals surface area contributed by atoms with Gasteiger partial charge in [0.25, 0.3) is 10.0 Å². The summed E-state index contributed by atoms with van der Waals surface area (Å²) >= 11 is 4.42. The summed E-state index contributed by atoms with van der Waals surface area (Å²) < 4.78 is 27.9. The molecule has 8 heteroatoms. The van der Waals surface area contributed by atoms with Gasteiger partial charge in [0.1, 0.15) is 4.21 Å². The smallest absolute Gasteiger partial charge is 0.271 e. The fourth-order valence-electron chi connectivity index (χ4n) is 1.48. The van der Waals surface area contributed by atoms with Gasteiger partial charge < -0.3 is 5.73 Å². The third kappa shape index (κ3) is 2.95. The third-order valence-electron chi connectivity index (χ3n) is 2.52. The Morgan fingerprint density at radius 3 is 2.60 bits per heavy atom. The van der Waals surface area contributed by atoms with E-state index in [4.69, 9.17) is 11.0 Å². The van der Waals surface area contributed by atoms with Gasteiger partial charge in [0.15, 0.2) is 0 Å². The van der Waals surface area contributed by atoms with Crippen LogP contribution in [0.3, 0.4) is 0 Å². The molecule has 5 nitrogen and oxygen atoms in total. The Morgan fingerprint density at radius 2 is 2.10 bits per heavy atom. The van der Waals surface area contributed by atoms with Crippen molar-refractivity contribution in [2.24, 2.45) is 0 Å². The zero-order valence-electron chi connectivity index (χ0n) is 10.3.